The van der Waals surface area contributed by atoms with E-state index >= 15 is 0 Å². The summed E-state index contributed by atoms with van der Waals surface area (Å²) in [7, 11) is 0. The minimum atomic E-state index is -0.355. The molecule has 0 aliphatic rings. The molecule has 0 heterocycles. The fraction of sp³-hybridized carbons (Fsp3) is 0.700. The van der Waals surface area contributed by atoms with E-state index in [1.165, 1.54) is 0 Å². The Balaban J connectivity index is 4.71. The van der Waals surface area contributed by atoms with Crippen LogP contribution < -0.4 is 5.73 Å². The first-order chi connectivity index (χ1) is 5.54. The summed E-state index contributed by atoms with van der Waals surface area (Å²) in [6.07, 6.45) is 1.59. The Hall–Kier alpha value is -0.630. The van der Waals surface area contributed by atoms with Gasteiger partial charge in [0.2, 0.25) is 0 Å². The molecule has 12 heavy (non-hydrogen) atoms. The number of nitrogens with two attached hydrogens (primary N) is 1. The maximum Gasteiger partial charge on any atom is 0.165 e. The molecule has 0 saturated heterocycles. The molecule has 0 saturated carbocycles. The number of ketones is 1. The second-order valence-corrected chi connectivity index (χ2v) is 3.30. The van der Waals surface area contributed by atoms with E-state index in [1.54, 1.807) is 6.92 Å². The van der Waals surface area contributed by atoms with Gasteiger partial charge in [0, 0.05) is 12.0 Å². The average Bonchev–Trinajstić information content (AvgIpc) is 2.08. The molecule has 0 radical (unpaired) electrons. The summed E-state index contributed by atoms with van der Waals surface area (Å²) in [5, 5.41) is 0. The summed E-state index contributed by atoms with van der Waals surface area (Å²) in [5.41, 5.74) is 5.87. The molecule has 0 aliphatic carbocycles. The maximum absolute atomic E-state index is 11.7. The third kappa shape index (κ3) is 1.95. The highest BCUT2D eigenvalue weighted by atomic mass is 16.1. The number of hydrogen-bond acceptors (Lipinski definition) is 2. The molecule has 0 aromatic heterocycles. The summed E-state index contributed by atoms with van der Waals surface area (Å²) in [6.45, 7) is 9.82. The van der Waals surface area contributed by atoms with Gasteiger partial charge in [0.05, 0.1) is 0 Å². The number of hydrogen-bond donors (Lipinski definition) is 1. The van der Waals surface area contributed by atoms with E-state index in [2.05, 4.69) is 6.58 Å². The molecule has 0 rings (SSSR count). The Bertz CT molecular complexity index is 172. The van der Waals surface area contributed by atoms with Crippen molar-refractivity contribution in [2.45, 2.75) is 33.6 Å². The van der Waals surface area contributed by atoms with E-state index in [9.17, 15) is 4.79 Å². The molecule has 0 aromatic carbocycles. The van der Waals surface area contributed by atoms with E-state index < -0.39 is 0 Å². The standard InChI is InChI=1S/C10H19NO/c1-5-10(6-2,7-11)9(12)8(3)4/h3,5-7,11H2,1-2,4H3. The van der Waals surface area contributed by atoms with Crippen LogP contribution in [0.25, 0.3) is 0 Å². The van der Waals surface area contributed by atoms with Crippen molar-refractivity contribution in [2.75, 3.05) is 6.54 Å². The molecule has 2 N–H and O–H groups in total. The Kier molecular flexibility index (Phi) is 4.18. The number of carbonyl (C=O) groups is 1. The lowest BCUT2D eigenvalue weighted by atomic mass is 9.76. The van der Waals surface area contributed by atoms with Crippen LogP contribution in [0, 0.1) is 5.41 Å². The van der Waals surface area contributed by atoms with Crippen molar-refractivity contribution in [1.82, 2.24) is 0 Å². The van der Waals surface area contributed by atoms with Gasteiger partial charge in [0.1, 0.15) is 0 Å². The highest BCUT2D eigenvalue weighted by Crippen LogP contribution is 2.28. The van der Waals surface area contributed by atoms with Crippen molar-refractivity contribution >= 4 is 5.78 Å². The van der Waals surface area contributed by atoms with Crippen molar-refractivity contribution in [3.05, 3.63) is 12.2 Å². The molecule has 70 valence electrons. The van der Waals surface area contributed by atoms with Crippen molar-refractivity contribution in [1.29, 1.82) is 0 Å². The molecule has 0 aliphatic heterocycles. The number of carbonyl (C=O) groups excluding carboxylic acids is 1. The normalized spacial score (nSPS) is 11.3. The van der Waals surface area contributed by atoms with Crippen LogP contribution in [-0.2, 0) is 4.79 Å². The van der Waals surface area contributed by atoms with E-state index in [0.29, 0.717) is 12.1 Å². The fourth-order valence-electron chi connectivity index (χ4n) is 1.41. The summed E-state index contributed by atoms with van der Waals surface area (Å²) in [5.74, 6) is 0.120. The first-order valence-electron chi connectivity index (χ1n) is 4.44. The number of Topliss-reactive ketones (excluding diaryl/α,β-unsaturated/α-hetero) is 1. The molecular formula is C10H19NO. The predicted octanol–water partition coefficient (Wildman–Crippen LogP) is 1.90. The van der Waals surface area contributed by atoms with E-state index in [0.717, 1.165) is 12.8 Å². The minimum Gasteiger partial charge on any atom is -0.329 e. The highest BCUT2D eigenvalue weighted by Gasteiger charge is 2.32. The van der Waals surface area contributed by atoms with Gasteiger partial charge in [0.15, 0.2) is 5.78 Å². The lowest BCUT2D eigenvalue weighted by Crippen LogP contribution is -2.37. The maximum atomic E-state index is 11.7. The van der Waals surface area contributed by atoms with Crippen molar-refractivity contribution in [3.63, 3.8) is 0 Å². The zero-order chi connectivity index (χ0) is 9.78. The summed E-state index contributed by atoms with van der Waals surface area (Å²) < 4.78 is 0. The number of allylic oxidation sites excluding steroid dienone is 1. The van der Waals surface area contributed by atoms with Gasteiger partial charge in [-0.25, -0.2) is 0 Å². The minimum absolute atomic E-state index is 0.120. The summed E-state index contributed by atoms with van der Waals surface area (Å²) in [6, 6.07) is 0. The van der Waals surface area contributed by atoms with Crippen LogP contribution in [0.3, 0.4) is 0 Å². The largest absolute Gasteiger partial charge is 0.329 e. The van der Waals surface area contributed by atoms with Gasteiger partial charge in [-0.15, -0.1) is 0 Å². The van der Waals surface area contributed by atoms with Crippen LogP contribution in [0.15, 0.2) is 12.2 Å². The Morgan fingerprint density at radius 3 is 1.92 bits per heavy atom. The molecule has 0 fully saturated rings. The van der Waals surface area contributed by atoms with Gasteiger partial charge >= 0.3 is 0 Å². The first kappa shape index (κ1) is 11.4. The fourth-order valence-corrected chi connectivity index (χ4v) is 1.41. The van der Waals surface area contributed by atoms with Gasteiger partial charge in [-0.3, -0.25) is 4.79 Å². The quantitative estimate of drug-likeness (QED) is 0.639. The predicted molar refractivity (Wildman–Crippen MR) is 51.9 cm³/mol. The lowest BCUT2D eigenvalue weighted by molar-refractivity contribution is -0.124. The zero-order valence-electron chi connectivity index (χ0n) is 8.31. The smallest absolute Gasteiger partial charge is 0.165 e. The third-order valence-corrected chi connectivity index (χ3v) is 2.61. The average molecular weight is 169 g/mol. The number of rotatable bonds is 5. The highest BCUT2D eigenvalue weighted by molar-refractivity contribution is 5.98. The van der Waals surface area contributed by atoms with E-state index in [-0.39, 0.29) is 11.2 Å². The van der Waals surface area contributed by atoms with E-state index in [1.807, 2.05) is 13.8 Å². The van der Waals surface area contributed by atoms with Crippen LogP contribution in [0.1, 0.15) is 33.6 Å². The topological polar surface area (TPSA) is 43.1 Å². The first-order valence-corrected chi connectivity index (χ1v) is 4.44. The van der Waals surface area contributed by atoms with Crippen molar-refractivity contribution in [2.24, 2.45) is 11.1 Å². The van der Waals surface area contributed by atoms with Crippen LogP contribution in [0.5, 0.6) is 0 Å². The van der Waals surface area contributed by atoms with Crippen LogP contribution in [-0.4, -0.2) is 12.3 Å². The van der Waals surface area contributed by atoms with Crippen molar-refractivity contribution < 1.29 is 4.79 Å². The molecule has 2 nitrogen and oxygen atoms in total. The van der Waals surface area contributed by atoms with Gasteiger partial charge in [-0.05, 0) is 25.3 Å². The molecular weight excluding hydrogens is 150 g/mol. The second-order valence-electron chi connectivity index (χ2n) is 3.30. The monoisotopic (exact) mass is 169 g/mol. The third-order valence-electron chi connectivity index (χ3n) is 2.61. The molecule has 0 bridgehead atoms. The molecule has 0 spiro atoms. The van der Waals surface area contributed by atoms with Crippen LogP contribution in [0.4, 0.5) is 0 Å². The Morgan fingerprint density at radius 1 is 1.42 bits per heavy atom. The Morgan fingerprint density at radius 2 is 1.83 bits per heavy atom. The molecule has 0 aromatic rings. The molecule has 2 heteroatoms. The second kappa shape index (κ2) is 4.41. The molecule has 0 atom stereocenters. The molecule has 0 amide bonds. The van der Waals surface area contributed by atoms with Gasteiger partial charge in [-0.2, -0.15) is 0 Å². The Labute approximate surface area is 74.8 Å². The molecule has 0 unspecified atom stereocenters. The summed E-state index contributed by atoms with van der Waals surface area (Å²) in [4.78, 5) is 11.7. The summed E-state index contributed by atoms with van der Waals surface area (Å²) >= 11 is 0. The van der Waals surface area contributed by atoms with Crippen molar-refractivity contribution in [3.8, 4) is 0 Å². The van der Waals surface area contributed by atoms with Crippen LogP contribution in [0.2, 0.25) is 0 Å². The van der Waals surface area contributed by atoms with Gasteiger partial charge in [-0.1, -0.05) is 20.4 Å². The van der Waals surface area contributed by atoms with Gasteiger partial charge in [0.25, 0.3) is 0 Å². The SMILES string of the molecule is C=C(C)C(=O)C(CC)(CC)CN. The van der Waals surface area contributed by atoms with Gasteiger partial charge < -0.3 is 5.73 Å². The lowest BCUT2D eigenvalue weighted by Gasteiger charge is -2.28. The zero-order valence-corrected chi connectivity index (χ0v) is 8.31. The van der Waals surface area contributed by atoms with E-state index in [4.69, 9.17) is 5.73 Å². The van der Waals surface area contributed by atoms with Crippen LogP contribution >= 0.6 is 0 Å².